The Morgan fingerprint density at radius 2 is 1.06 bits per heavy atom. The SMILES string of the molecule is CCC=C1CCC(C2CCC(=CCC)CC2)CC1. The highest BCUT2D eigenvalue weighted by Crippen LogP contribution is 2.41. The van der Waals surface area contributed by atoms with Crippen LogP contribution in [-0.2, 0) is 0 Å². The van der Waals surface area contributed by atoms with Crippen LogP contribution in [0.4, 0.5) is 0 Å². The van der Waals surface area contributed by atoms with Gasteiger partial charge in [0.25, 0.3) is 0 Å². The fraction of sp³-hybridized carbons (Fsp3) is 0.778. The summed E-state index contributed by atoms with van der Waals surface area (Å²) in [6, 6.07) is 0. The molecule has 0 radical (unpaired) electrons. The minimum Gasteiger partial charge on any atom is -0.0856 e. The predicted octanol–water partition coefficient (Wildman–Crippen LogP) is 6.04. The van der Waals surface area contributed by atoms with E-state index in [1.54, 1.807) is 11.1 Å². The summed E-state index contributed by atoms with van der Waals surface area (Å²) in [7, 11) is 0. The summed E-state index contributed by atoms with van der Waals surface area (Å²) in [6.07, 6.45) is 18.9. The van der Waals surface area contributed by atoms with Crippen molar-refractivity contribution in [3.63, 3.8) is 0 Å². The van der Waals surface area contributed by atoms with Gasteiger partial charge in [-0.15, -0.1) is 0 Å². The quantitative estimate of drug-likeness (QED) is 0.532. The molecule has 0 aromatic rings. The average molecular weight is 246 g/mol. The molecule has 0 amide bonds. The van der Waals surface area contributed by atoms with Crippen LogP contribution in [0.5, 0.6) is 0 Å². The van der Waals surface area contributed by atoms with Gasteiger partial charge in [-0.3, -0.25) is 0 Å². The molecule has 0 N–H and O–H groups in total. The highest BCUT2D eigenvalue weighted by molar-refractivity contribution is 5.08. The van der Waals surface area contributed by atoms with Gasteiger partial charge in [-0.05, 0) is 76.0 Å². The third-order valence-corrected chi connectivity index (χ3v) is 5.00. The minimum atomic E-state index is 1.04. The summed E-state index contributed by atoms with van der Waals surface area (Å²) in [5.74, 6) is 2.09. The predicted molar refractivity (Wildman–Crippen MR) is 80.7 cm³/mol. The lowest BCUT2D eigenvalue weighted by atomic mass is 9.71. The van der Waals surface area contributed by atoms with Gasteiger partial charge < -0.3 is 0 Å². The number of hydrogen-bond acceptors (Lipinski definition) is 0. The second kappa shape index (κ2) is 7.16. The fourth-order valence-electron chi connectivity index (χ4n) is 3.95. The lowest BCUT2D eigenvalue weighted by Gasteiger charge is -2.34. The van der Waals surface area contributed by atoms with Crippen LogP contribution in [0.15, 0.2) is 23.3 Å². The van der Waals surface area contributed by atoms with Crippen molar-refractivity contribution in [3.05, 3.63) is 23.3 Å². The van der Waals surface area contributed by atoms with E-state index in [0.29, 0.717) is 0 Å². The summed E-state index contributed by atoms with van der Waals surface area (Å²) in [5.41, 5.74) is 3.49. The zero-order chi connectivity index (χ0) is 12.8. The third kappa shape index (κ3) is 3.73. The van der Waals surface area contributed by atoms with Crippen molar-refractivity contribution in [2.24, 2.45) is 11.8 Å². The smallest absolute Gasteiger partial charge is 0.0318 e. The summed E-state index contributed by atoms with van der Waals surface area (Å²) < 4.78 is 0. The van der Waals surface area contributed by atoms with E-state index >= 15 is 0 Å². The Labute approximate surface area is 114 Å². The maximum Gasteiger partial charge on any atom is -0.0318 e. The molecule has 0 aromatic carbocycles. The second-order valence-electron chi connectivity index (χ2n) is 6.22. The molecule has 0 heteroatoms. The molecule has 2 rings (SSSR count). The normalized spacial score (nSPS) is 29.2. The minimum absolute atomic E-state index is 1.04. The van der Waals surface area contributed by atoms with E-state index < -0.39 is 0 Å². The van der Waals surface area contributed by atoms with Gasteiger partial charge in [0, 0.05) is 0 Å². The molecule has 2 aliphatic carbocycles. The Morgan fingerprint density at radius 1 is 0.722 bits per heavy atom. The van der Waals surface area contributed by atoms with Gasteiger partial charge in [0.1, 0.15) is 0 Å². The molecule has 0 spiro atoms. The third-order valence-electron chi connectivity index (χ3n) is 5.00. The van der Waals surface area contributed by atoms with Crippen molar-refractivity contribution in [2.75, 3.05) is 0 Å². The number of allylic oxidation sites excluding steroid dienone is 4. The first-order chi connectivity index (χ1) is 8.83. The Balaban J connectivity index is 1.78. The first-order valence-electron chi connectivity index (χ1n) is 8.19. The van der Waals surface area contributed by atoms with Gasteiger partial charge in [-0.25, -0.2) is 0 Å². The van der Waals surface area contributed by atoms with E-state index in [9.17, 15) is 0 Å². The van der Waals surface area contributed by atoms with Gasteiger partial charge >= 0.3 is 0 Å². The zero-order valence-corrected chi connectivity index (χ0v) is 12.4. The van der Waals surface area contributed by atoms with Crippen molar-refractivity contribution < 1.29 is 0 Å². The molecule has 0 unspecified atom stereocenters. The summed E-state index contributed by atoms with van der Waals surface area (Å²) in [5, 5.41) is 0. The molecular weight excluding hydrogens is 216 g/mol. The summed E-state index contributed by atoms with van der Waals surface area (Å²) in [4.78, 5) is 0. The standard InChI is InChI=1S/C18H30/c1-3-5-15-7-11-17(12-8-15)18-13-9-16(6-4-2)10-14-18/h5-6,17-18H,3-4,7-14H2,1-2H3. The van der Waals surface area contributed by atoms with Crippen LogP contribution in [0, 0.1) is 11.8 Å². The zero-order valence-electron chi connectivity index (χ0n) is 12.4. The van der Waals surface area contributed by atoms with Crippen LogP contribution in [0.3, 0.4) is 0 Å². The lowest BCUT2D eigenvalue weighted by molar-refractivity contribution is 0.230. The average Bonchev–Trinajstić information content (AvgIpc) is 2.41. The topological polar surface area (TPSA) is 0 Å². The van der Waals surface area contributed by atoms with Gasteiger partial charge in [0.2, 0.25) is 0 Å². The maximum absolute atomic E-state index is 2.47. The molecule has 0 bridgehead atoms. The molecular formula is C18H30. The van der Waals surface area contributed by atoms with E-state index in [4.69, 9.17) is 0 Å². The van der Waals surface area contributed by atoms with E-state index in [-0.39, 0.29) is 0 Å². The molecule has 0 aliphatic heterocycles. The van der Waals surface area contributed by atoms with Crippen molar-refractivity contribution in [1.29, 1.82) is 0 Å². The molecule has 0 nitrogen and oxygen atoms in total. The number of hydrogen-bond donors (Lipinski definition) is 0. The Morgan fingerprint density at radius 3 is 1.33 bits per heavy atom. The molecule has 102 valence electrons. The number of rotatable bonds is 3. The molecule has 2 saturated carbocycles. The largest absolute Gasteiger partial charge is 0.0856 e. The lowest BCUT2D eigenvalue weighted by Crippen LogP contribution is -2.21. The molecule has 2 aliphatic rings. The van der Waals surface area contributed by atoms with Gasteiger partial charge in [-0.1, -0.05) is 37.1 Å². The Hall–Kier alpha value is -0.520. The van der Waals surface area contributed by atoms with E-state index in [0.717, 1.165) is 11.8 Å². The molecule has 0 heterocycles. The molecule has 0 saturated heterocycles. The first-order valence-corrected chi connectivity index (χ1v) is 8.19. The van der Waals surface area contributed by atoms with E-state index in [1.807, 2.05) is 0 Å². The molecule has 2 fully saturated rings. The molecule has 0 aromatic heterocycles. The van der Waals surface area contributed by atoms with Crippen LogP contribution in [-0.4, -0.2) is 0 Å². The van der Waals surface area contributed by atoms with E-state index in [1.165, 1.54) is 64.2 Å². The van der Waals surface area contributed by atoms with Crippen molar-refractivity contribution in [1.82, 2.24) is 0 Å². The molecule has 0 atom stereocenters. The van der Waals surface area contributed by atoms with Gasteiger partial charge in [-0.2, -0.15) is 0 Å². The van der Waals surface area contributed by atoms with Crippen LogP contribution in [0.25, 0.3) is 0 Å². The first kappa shape index (κ1) is 13.9. The highest BCUT2D eigenvalue weighted by Gasteiger charge is 2.27. The fourth-order valence-corrected chi connectivity index (χ4v) is 3.95. The highest BCUT2D eigenvalue weighted by atomic mass is 14.3. The summed E-state index contributed by atoms with van der Waals surface area (Å²) >= 11 is 0. The van der Waals surface area contributed by atoms with Crippen molar-refractivity contribution >= 4 is 0 Å². The Bertz CT molecular complexity index is 256. The van der Waals surface area contributed by atoms with Crippen molar-refractivity contribution in [3.8, 4) is 0 Å². The van der Waals surface area contributed by atoms with E-state index in [2.05, 4.69) is 26.0 Å². The monoisotopic (exact) mass is 246 g/mol. The van der Waals surface area contributed by atoms with Gasteiger partial charge in [0.05, 0.1) is 0 Å². The Kier molecular flexibility index (Phi) is 5.53. The summed E-state index contributed by atoms with van der Waals surface area (Å²) in [6.45, 7) is 4.53. The molecule has 18 heavy (non-hydrogen) atoms. The van der Waals surface area contributed by atoms with Crippen LogP contribution in [0.2, 0.25) is 0 Å². The van der Waals surface area contributed by atoms with Crippen LogP contribution >= 0.6 is 0 Å². The van der Waals surface area contributed by atoms with Gasteiger partial charge in [0.15, 0.2) is 0 Å². The van der Waals surface area contributed by atoms with Crippen LogP contribution < -0.4 is 0 Å². The van der Waals surface area contributed by atoms with Crippen molar-refractivity contribution in [2.45, 2.75) is 78.1 Å². The second-order valence-corrected chi connectivity index (χ2v) is 6.22. The van der Waals surface area contributed by atoms with Crippen LogP contribution in [0.1, 0.15) is 78.1 Å². The maximum atomic E-state index is 2.47.